The van der Waals surface area contributed by atoms with E-state index in [-0.39, 0.29) is 19.0 Å². The van der Waals surface area contributed by atoms with Crippen molar-refractivity contribution in [3.8, 4) is 0 Å². The van der Waals surface area contributed by atoms with Gasteiger partial charge < -0.3 is 15.1 Å². The Balaban J connectivity index is 1.83. The standard InChI is InChI=1S/C11H17NO3/c13-9-6-12(7-10(9)14)11(15)5-8-3-1-2-4-8/h1,3,8-10,13-14H,2,4-7H2/t8?,9-,10+. The third kappa shape index (κ3) is 2.38. The van der Waals surface area contributed by atoms with Crippen molar-refractivity contribution < 1.29 is 15.0 Å². The van der Waals surface area contributed by atoms with Gasteiger partial charge in [0.1, 0.15) is 0 Å². The fraction of sp³-hybridized carbons (Fsp3) is 0.727. The van der Waals surface area contributed by atoms with Crippen LogP contribution in [-0.2, 0) is 4.79 Å². The number of carbonyl (C=O) groups is 1. The minimum Gasteiger partial charge on any atom is -0.388 e. The highest BCUT2D eigenvalue weighted by atomic mass is 16.3. The Morgan fingerprint density at radius 3 is 2.53 bits per heavy atom. The summed E-state index contributed by atoms with van der Waals surface area (Å²) < 4.78 is 0. The number of rotatable bonds is 2. The van der Waals surface area contributed by atoms with Crippen molar-refractivity contribution in [3.63, 3.8) is 0 Å². The highest BCUT2D eigenvalue weighted by Crippen LogP contribution is 2.22. The van der Waals surface area contributed by atoms with E-state index in [9.17, 15) is 15.0 Å². The molecule has 0 aromatic heterocycles. The minimum atomic E-state index is -0.770. The number of aliphatic hydroxyl groups excluding tert-OH is 2. The van der Waals surface area contributed by atoms with Crippen LogP contribution in [0.25, 0.3) is 0 Å². The maximum absolute atomic E-state index is 11.8. The van der Waals surface area contributed by atoms with Crippen molar-refractivity contribution in [2.45, 2.75) is 31.5 Å². The van der Waals surface area contributed by atoms with E-state index in [0.717, 1.165) is 12.8 Å². The van der Waals surface area contributed by atoms with E-state index < -0.39 is 12.2 Å². The van der Waals surface area contributed by atoms with Crippen molar-refractivity contribution in [2.24, 2.45) is 5.92 Å². The van der Waals surface area contributed by atoms with E-state index >= 15 is 0 Å². The van der Waals surface area contributed by atoms with Gasteiger partial charge in [-0.2, -0.15) is 0 Å². The molecule has 4 nitrogen and oxygen atoms in total. The van der Waals surface area contributed by atoms with E-state index in [0.29, 0.717) is 12.3 Å². The second-order valence-corrected chi connectivity index (χ2v) is 4.40. The Bertz CT molecular complexity index is 267. The molecule has 0 saturated carbocycles. The SMILES string of the molecule is O=C(CC1C=CCC1)N1C[C@@H](O)[C@@H](O)C1. The summed E-state index contributed by atoms with van der Waals surface area (Å²) in [5, 5.41) is 18.6. The Hall–Kier alpha value is -0.870. The van der Waals surface area contributed by atoms with Crippen molar-refractivity contribution in [1.82, 2.24) is 4.90 Å². The first-order valence-corrected chi connectivity index (χ1v) is 5.47. The summed E-state index contributed by atoms with van der Waals surface area (Å²) >= 11 is 0. The molecule has 1 saturated heterocycles. The summed E-state index contributed by atoms with van der Waals surface area (Å²) in [6.45, 7) is 0.548. The largest absolute Gasteiger partial charge is 0.388 e. The molecular formula is C11H17NO3. The van der Waals surface area contributed by atoms with Crippen molar-refractivity contribution >= 4 is 5.91 Å². The molecule has 2 aliphatic rings. The number of carbonyl (C=O) groups excluding carboxylic acids is 1. The average Bonchev–Trinajstić information content (AvgIpc) is 2.78. The molecule has 1 fully saturated rings. The molecule has 84 valence electrons. The first kappa shape index (κ1) is 10.6. The average molecular weight is 211 g/mol. The predicted octanol–water partition coefficient (Wildman–Crippen LogP) is -0.0933. The van der Waals surface area contributed by atoms with Crippen LogP contribution in [0.2, 0.25) is 0 Å². The molecule has 0 aromatic carbocycles. The topological polar surface area (TPSA) is 60.8 Å². The molecule has 0 bridgehead atoms. The minimum absolute atomic E-state index is 0.0437. The zero-order chi connectivity index (χ0) is 10.8. The lowest BCUT2D eigenvalue weighted by Gasteiger charge is -2.17. The summed E-state index contributed by atoms with van der Waals surface area (Å²) in [6.07, 6.45) is 5.26. The number of likely N-dealkylation sites (tertiary alicyclic amines) is 1. The van der Waals surface area contributed by atoms with Gasteiger partial charge in [-0.25, -0.2) is 0 Å². The molecule has 3 atom stereocenters. The molecule has 2 N–H and O–H groups in total. The first-order valence-electron chi connectivity index (χ1n) is 5.47. The zero-order valence-electron chi connectivity index (χ0n) is 8.67. The van der Waals surface area contributed by atoms with Crippen LogP contribution in [0.4, 0.5) is 0 Å². The highest BCUT2D eigenvalue weighted by Gasteiger charge is 2.32. The molecule has 15 heavy (non-hydrogen) atoms. The van der Waals surface area contributed by atoms with Crippen molar-refractivity contribution in [2.75, 3.05) is 13.1 Å². The van der Waals surface area contributed by atoms with Gasteiger partial charge in [0, 0.05) is 19.5 Å². The lowest BCUT2D eigenvalue weighted by atomic mass is 10.0. The van der Waals surface area contributed by atoms with E-state index in [1.54, 1.807) is 4.90 Å². The third-order valence-electron chi connectivity index (χ3n) is 3.16. The molecule has 1 aliphatic heterocycles. The Kier molecular flexibility index (Phi) is 3.07. The van der Waals surface area contributed by atoms with Crippen LogP contribution < -0.4 is 0 Å². The summed E-state index contributed by atoms with van der Waals surface area (Å²) in [5.41, 5.74) is 0. The number of hydrogen-bond acceptors (Lipinski definition) is 3. The number of allylic oxidation sites excluding steroid dienone is 2. The van der Waals surface area contributed by atoms with Crippen LogP contribution in [0.3, 0.4) is 0 Å². The second kappa shape index (κ2) is 4.33. The van der Waals surface area contributed by atoms with E-state index in [1.807, 2.05) is 0 Å². The molecule has 1 heterocycles. The summed E-state index contributed by atoms with van der Waals surface area (Å²) in [4.78, 5) is 13.3. The molecule has 0 radical (unpaired) electrons. The fourth-order valence-corrected chi connectivity index (χ4v) is 2.19. The molecular weight excluding hydrogens is 194 g/mol. The molecule has 0 spiro atoms. The monoisotopic (exact) mass is 211 g/mol. The third-order valence-corrected chi connectivity index (χ3v) is 3.16. The number of hydrogen-bond donors (Lipinski definition) is 2. The first-order chi connectivity index (χ1) is 7.16. The number of β-amino-alcohol motifs (C(OH)–C–C–N with tert-alkyl or cyclic N) is 2. The number of amides is 1. The van der Waals surface area contributed by atoms with Gasteiger partial charge in [0.15, 0.2) is 0 Å². The smallest absolute Gasteiger partial charge is 0.223 e. The number of nitrogens with zero attached hydrogens (tertiary/aromatic N) is 1. The van der Waals surface area contributed by atoms with Gasteiger partial charge in [0.25, 0.3) is 0 Å². The van der Waals surface area contributed by atoms with Crippen LogP contribution in [0.5, 0.6) is 0 Å². The predicted molar refractivity (Wildman–Crippen MR) is 55.1 cm³/mol. The normalized spacial score (nSPS) is 35.1. The van der Waals surface area contributed by atoms with E-state index in [4.69, 9.17) is 0 Å². The summed E-state index contributed by atoms with van der Waals surface area (Å²) in [5.74, 6) is 0.398. The second-order valence-electron chi connectivity index (χ2n) is 4.40. The lowest BCUT2D eigenvalue weighted by molar-refractivity contribution is -0.131. The van der Waals surface area contributed by atoms with Gasteiger partial charge in [0.2, 0.25) is 5.91 Å². The van der Waals surface area contributed by atoms with Gasteiger partial charge >= 0.3 is 0 Å². The Morgan fingerprint density at radius 1 is 1.33 bits per heavy atom. The molecule has 1 amide bonds. The van der Waals surface area contributed by atoms with E-state index in [1.165, 1.54) is 0 Å². The van der Waals surface area contributed by atoms with Crippen LogP contribution >= 0.6 is 0 Å². The van der Waals surface area contributed by atoms with Gasteiger partial charge in [-0.05, 0) is 18.8 Å². The van der Waals surface area contributed by atoms with Crippen LogP contribution in [-0.4, -0.2) is 46.3 Å². The van der Waals surface area contributed by atoms with Crippen LogP contribution in [0.1, 0.15) is 19.3 Å². The van der Waals surface area contributed by atoms with Crippen molar-refractivity contribution in [1.29, 1.82) is 0 Å². The fourth-order valence-electron chi connectivity index (χ4n) is 2.19. The zero-order valence-corrected chi connectivity index (χ0v) is 8.67. The molecule has 2 rings (SSSR count). The maximum Gasteiger partial charge on any atom is 0.223 e. The summed E-state index contributed by atoms with van der Waals surface area (Å²) in [6, 6.07) is 0. The molecule has 1 unspecified atom stereocenters. The Labute approximate surface area is 89.2 Å². The molecule has 0 aromatic rings. The van der Waals surface area contributed by atoms with Crippen LogP contribution in [0, 0.1) is 5.92 Å². The van der Waals surface area contributed by atoms with Gasteiger partial charge in [-0.1, -0.05) is 12.2 Å². The lowest BCUT2D eigenvalue weighted by Crippen LogP contribution is -2.30. The van der Waals surface area contributed by atoms with Crippen LogP contribution in [0.15, 0.2) is 12.2 Å². The maximum atomic E-state index is 11.8. The summed E-state index contributed by atoms with van der Waals surface area (Å²) in [7, 11) is 0. The highest BCUT2D eigenvalue weighted by molar-refractivity contribution is 5.77. The van der Waals surface area contributed by atoms with E-state index in [2.05, 4.69) is 12.2 Å². The van der Waals surface area contributed by atoms with Gasteiger partial charge in [-0.3, -0.25) is 4.79 Å². The van der Waals surface area contributed by atoms with Crippen molar-refractivity contribution in [3.05, 3.63) is 12.2 Å². The van der Waals surface area contributed by atoms with Gasteiger partial charge in [-0.15, -0.1) is 0 Å². The Morgan fingerprint density at radius 2 is 2.00 bits per heavy atom. The number of aliphatic hydroxyl groups is 2. The van der Waals surface area contributed by atoms with Gasteiger partial charge in [0.05, 0.1) is 12.2 Å². The molecule has 1 aliphatic carbocycles. The quantitative estimate of drug-likeness (QED) is 0.627. The molecule has 4 heteroatoms.